The van der Waals surface area contributed by atoms with Crippen LogP contribution in [0.4, 0.5) is 19.0 Å². The number of aromatic nitrogens is 1. The van der Waals surface area contributed by atoms with Crippen LogP contribution < -0.4 is 10.5 Å². The van der Waals surface area contributed by atoms with Crippen molar-refractivity contribution in [1.82, 2.24) is 4.98 Å². The largest absolute Gasteiger partial charge is 0.474 e. The first kappa shape index (κ1) is 14.0. The van der Waals surface area contributed by atoms with Gasteiger partial charge in [-0.05, 0) is 31.2 Å². The summed E-state index contributed by atoms with van der Waals surface area (Å²) in [6, 6.07) is 1.73. The summed E-state index contributed by atoms with van der Waals surface area (Å²) in [7, 11) is 0. The van der Waals surface area contributed by atoms with Crippen molar-refractivity contribution in [2.45, 2.75) is 44.9 Å². The highest BCUT2D eigenvalue weighted by molar-refractivity contribution is 5.38. The Morgan fingerprint density at radius 2 is 1.95 bits per heavy atom. The predicted octanol–water partition coefficient (Wildman–Crippen LogP) is 3.64. The van der Waals surface area contributed by atoms with Crippen LogP contribution >= 0.6 is 0 Å². The van der Waals surface area contributed by atoms with Gasteiger partial charge in [0.2, 0.25) is 5.88 Å². The Morgan fingerprint density at radius 1 is 1.26 bits per heavy atom. The fourth-order valence-electron chi connectivity index (χ4n) is 2.36. The molecule has 0 aliphatic heterocycles. The maximum Gasteiger partial charge on any atom is 0.416 e. The van der Waals surface area contributed by atoms with Crippen molar-refractivity contribution < 1.29 is 17.9 Å². The van der Waals surface area contributed by atoms with E-state index in [0.29, 0.717) is 5.92 Å². The first-order valence-corrected chi connectivity index (χ1v) is 6.37. The number of alkyl halides is 3. The van der Waals surface area contributed by atoms with Gasteiger partial charge >= 0.3 is 6.18 Å². The summed E-state index contributed by atoms with van der Waals surface area (Å²) in [5, 5.41) is 0. The van der Waals surface area contributed by atoms with Crippen molar-refractivity contribution in [2.24, 2.45) is 5.92 Å². The fourth-order valence-corrected chi connectivity index (χ4v) is 2.36. The minimum absolute atomic E-state index is 0.0360. The zero-order chi connectivity index (χ0) is 14.0. The Balaban J connectivity index is 2.18. The lowest BCUT2D eigenvalue weighted by Crippen LogP contribution is -2.28. The minimum atomic E-state index is -4.44. The number of nitrogens with two attached hydrogens (primary N) is 1. The molecule has 0 saturated heterocycles. The highest BCUT2D eigenvalue weighted by Crippen LogP contribution is 2.33. The summed E-state index contributed by atoms with van der Waals surface area (Å²) in [5.41, 5.74) is 4.58. The number of nitrogens with zero attached hydrogens (tertiary/aromatic N) is 1. The monoisotopic (exact) mass is 274 g/mol. The van der Waals surface area contributed by atoms with Gasteiger partial charge in [0.15, 0.2) is 0 Å². The summed E-state index contributed by atoms with van der Waals surface area (Å²) in [4.78, 5) is 3.83. The van der Waals surface area contributed by atoms with Crippen LogP contribution in [0.5, 0.6) is 5.88 Å². The van der Waals surface area contributed by atoms with Gasteiger partial charge in [-0.15, -0.1) is 0 Å². The molecule has 0 aromatic carbocycles. The first-order valence-electron chi connectivity index (χ1n) is 6.37. The number of ether oxygens (including phenoxy) is 1. The number of halogens is 3. The van der Waals surface area contributed by atoms with E-state index in [1.807, 2.05) is 6.92 Å². The summed E-state index contributed by atoms with van der Waals surface area (Å²) in [5.74, 6) is 0.116. The van der Waals surface area contributed by atoms with Crippen LogP contribution in [-0.4, -0.2) is 11.1 Å². The van der Waals surface area contributed by atoms with E-state index >= 15 is 0 Å². The molecule has 1 aromatic rings. The zero-order valence-corrected chi connectivity index (χ0v) is 10.7. The molecule has 1 aliphatic rings. The molecule has 2 rings (SSSR count). The highest BCUT2D eigenvalue weighted by Gasteiger charge is 2.32. The summed E-state index contributed by atoms with van der Waals surface area (Å²) < 4.78 is 43.6. The molecule has 0 spiro atoms. The van der Waals surface area contributed by atoms with Crippen molar-refractivity contribution in [3.63, 3.8) is 0 Å². The van der Waals surface area contributed by atoms with Crippen molar-refractivity contribution in [2.75, 3.05) is 5.73 Å². The molecule has 1 heterocycles. The lowest BCUT2D eigenvalue weighted by atomic mass is 9.88. The van der Waals surface area contributed by atoms with Crippen molar-refractivity contribution in [3.05, 3.63) is 17.7 Å². The number of nitrogen functional groups attached to an aromatic ring is 1. The highest BCUT2D eigenvalue weighted by atomic mass is 19.4. The molecule has 0 amide bonds. The third-order valence-electron chi connectivity index (χ3n) is 3.45. The summed E-state index contributed by atoms with van der Waals surface area (Å²) in [6.45, 7) is 2.04. The lowest BCUT2D eigenvalue weighted by molar-refractivity contribution is -0.137. The number of hydrogen-bond acceptors (Lipinski definition) is 3. The van der Waals surface area contributed by atoms with Gasteiger partial charge in [-0.3, -0.25) is 0 Å². The van der Waals surface area contributed by atoms with Crippen LogP contribution in [0.2, 0.25) is 0 Å². The van der Waals surface area contributed by atoms with Crippen molar-refractivity contribution >= 4 is 5.82 Å². The molecule has 1 saturated carbocycles. The van der Waals surface area contributed by atoms with E-state index in [1.165, 1.54) is 0 Å². The average molecular weight is 274 g/mol. The maximum atomic E-state index is 12.7. The molecule has 2 N–H and O–H groups in total. The maximum absolute atomic E-state index is 12.7. The number of hydrogen-bond donors (Lipinski definition) is 1. The van der Waals surface area contributed by atoms with Crippen LogP contribution in [0.15, 0.2) is 12.1 Å². The van der Waals surface area contributed by atoms with E-state index in [1.54, 1.807) is 0 Å². The molecule has 2 unspecified atom stereocenters. The van der Waals surface area contributed by atoms with Crippen LogP contribution in [0, 0.1) is 5.92 Å². The Labute approximate surface area is 110 Å². The molecular formula is C13H17F3N2O. The molecule has 6 heteroatoms. The number of rotatable bonds is 2. The van der Waals surface area contributed by atoms with E-state index in [2.05, 4.69) is 4.98 Å². The van der Waals surface area contributed by atoms with E-state index in [0.717, 1.165) is 37.8 Å². The second kappa shape index (κ2) is 5.27. The molecule has 1 fully saturated rings. The van der Waals surface area contributed by atoms with Crippen molar-refractivity contribution in [1.29, 1.82) is 0 Å². The predicted molar refractivity (Wildman–Crippen MR) is 65.7 cm³/mol. The van der Waals surface area contributed by atoms with E-state index < -0.39 is 11.7 Å². The molecule has 3 nitrogen and oxygen atoms in total. The van der Waals surface area contributed by atoms with E-state index in [9.17, 15) is 13.2 Å². The third kappa shape index (κ3) is 3.52. The molecule has 0 bridgehead atoms. The average Bonchev–Trinajstić information content (AvgIpc) is 2.30. The van der Waals surface area contributed by atoms with Crippen LogP contribution in [-0.2, 0) is 6.18 Å². The van der Waals surface area contributed by atoms with Gasteiger partial charge in [-0.1, -0.05) is 13.3 Å². The van der Waals surface area contributed by atoms with E-state index in [-0.39, 0.29) is 17.8 Å². The van der Waals surface area contributed by atoms with Gasteiger partial charge in [-0.2, -0.15) is 18.2 Å². The molecule has 1 aromatic heterocycles. The van der Waals surface area contributed by atoms with Gasteiger partial charge in [0, 0.05) is 6.07 Å². The Bertz CT molecular complexity index is 448. The standard InChI is InChI=1S/C13H17F3N2O/c1-8-4-2-3-5-10(8)19-12-7-9(13(14,15)16)6-11(17)18-12/h6-8,10H,2-5H2,1H3,(H2,17,18). The summed E-state index contributed by atoms with van der Waals surface area (Å²) in [6.07, 6.45) is -0.474. The molecule has 106 valence electrons. The van der Waals surface area contributed by atoms with Gasteiger partial charge < -0.3 is 10.5 Å². The first-order chi connectivity index (χ1) is 8.86. The van der Waals surface area contributed by atoms with Gasteiger partial charge in [0.1, 0.15) is 11.9 Å². The zero-order valence-electron chi connectivity index (χ0n) is 10.7. The Kier molecular flexibility index (Phi) is 3.87. The SMILES string of the molecule is CC1CCCCC1Oc1cc(C(F)(F)F)cc(N)n1. The lowest BCUT2D eigenvalue weighted by Gasteiger charge is -2.29. The van der Waals surface area contributed by atoms with Gasteiger partial charge in [0.05, 0.1) is 5.56 Å². The quantitative estimate of drug-likeness (QED) is 0.895. The smallest absolute Gasteiger partial charge is 0.416 e. The van der Waals surface area contributed by atoms with Crippen molar-refractivity contribution in [3.8, 4) is 5.88 Å². The molecule has 19 heavy (non-hydrogen) atoms. The Morgan fingerprint density at radius 3 is 2.58 bits per heavy atom. The summed E-state index contributed by atoms with van der Waals surface area (Å²) >= 11 is 0. The molecule has 1 aliphatic carbocycles. The van der Waals surface area contributed by atoms with Crippen LogP contribution in [0.3, 0.4) is 0 Å². The minimum Gasteiger partial charge on any atom is -0.474 e. The fraction of sp³-hybridized carbons (Fsp3) is 0.615. The second-order valence-corrected chi connectivity index (χ2v) is 5.03. The Hall–Kier alpha value is -1.46. The molecular weight excluding hydrogens is 257 g/mol. The van der Waals surface area contributed by atoms with Gasteiger partial charge in [0.25, 0.3) is 0 Å². The molecule has 0 radical (unpaired) electrons. The second-order valence-electron chi connectivity index (χ2n) is 5.03. The molecule has 2 atom stereocenters. The number of anilines is 1. The van der Waals surface area contributed by atoms with Gasteiger partial charge in [-0.25, -0.2) is 0 Å². The normalized spacial score (nSPS) is 24.2. The topological polar surface area (TPSA) is 48.1 Å². The van der Waals surface area contributed by atoms with Crippen LogP contribution in [0.25, 0.3) is 0 Å². The third-order valence-corrected chi connectivity index (χ3v) is 3.45. The van der Waals surface area contributed by atoms with E-state index in [4.69, 9.17) is 10.5 Å². The number of pyridine rings is 1. The van der Waals surface area contributed by atoms with Crippen LogP contribution in [0.1, 0.15) is 38.2 Å².